The molecule has 3 nitrogen and oxygen atoms in total. The van der Waals surface area contributed by atoms with E-state index in [2.05, 4.69) is 15.9 Å². The van der Waals surface area contributed by atoms with Crippen molar-refractivity contribution in [3.8, 4) is 0 Å². The minimum absolute atomic E-state index is 0.427. The molecule has 1 aliphatic rings. The van der Waals surface area contributed by atoms with E-state index in [4.69, 9.17) is 0 Å². The molecular weight excluding hydrogens is 270 g/mol. The van der Waals surface area contributed by atoms with Crippen LogP contribution >= 0.6 is 15.9 Å². The number of hydrogen-bond acceptors (Lipinski definition) is 2. The number of fused-ring (bicyclic) bond motifs is 1. The molecule has 82 valence electrons. The summed E-state index contributed by atoms with van der Waals surface area (Å²) in [4.78, 5) is 24.9. The SMILES string of the molecule is C/C=C/CN1C(=O)C(=O)c2cccc(Br)c21. The van der Waals surface area contributed by atoms with Gasteiger partial charge in [0.25, 0.3) is 11.7 Å². The lowest BCUT2D eigenvalue weighted by Gasteiger charge is -2.15. The monoisotopic (exact) mass is 279 g/mol. The second-order valence-electron chi connectivity index (χ2n) is 3.45. The number of hydrogen-bond donors (Lipinski definition) is 0. The first-order valence-electron chi connectivity index (χ1n) is 4.92. The molecule has 0 N–H and O–H groups in total. The molecule has 0 saturated heterocycles. The first-order valence-corrected chi connectivity index (χ1v) is 5.72. The Morgan fingerprint density at radius 3 is 2.81 bits per heavy atom. The Hall–Kier alpha value is -1.42. The second-order valence-corrected chi connectivity index (χ2v) is 4.30. The number of carbonyl (C=O) groups is 2. The van der Waals surface area contributed by atoms with Crippen molar-refractivity contribution in [1.82, 2.24) is 0 Å². The Morgan fingerprint density at radius 1 is 1.38 bits per heavy atom. The third-order valence-corrected chi connectivity index (χ3v) is 3.10. The molecule has 0 fully saturated rings. The number of allylic oxidation sites excluding steroid dienone is 1. The highest BCUT2D eigenvalue weighted by molar-refractivity contribution is 9.10. The fourth-order valence-electron chi connectivity index (χ4n) is 1.70. The van der Waals surface area contributed by atoms with Gasteiger partial charge in [0.05, 0.1) is 11.3 Å². The van der Waals surface area contributed by atoms with Gasteiger partial charge < -0.3 is 0 Å². The fraction of sp³-hybridized carbons (Fsp3) is 0.167. The summed E-state index contributed by atoms with van der Waals surface area (Å²) in [6.07, 6.45) is 3.70. The van der Waals surface area contributed by atoms with E-state index in [-0.39, 0.29) is 0 Å². The Labute approximate surface area is 102 Å². The molecule has 2 rings (SSSR count). The molecule has 0 aliphatic carbocycles. The lowest BCUT2D eigenvalue weighted by molar-refractivity contribution is -0.114. The largest absolute Gasteiger partial charge is 0.300 e. The molecule has 1 aliphatic heterocycles. The molecule has 0 bridgehead atoms. The van der Waals surface area contributed by atoms with Crippen LogP contribution in [0.15, 0.2) is 34.8 Å². The molecule has 0 unspecified atom stereocenters. The maximum atomic E-state index is 11.7. The van der Waals surface area contributed by atoms with Gasteiger partial charge in [0.15, 0.2) is 0 Å². The number of halogens is 1. The highest BCUT2D eigenvalue weighted by atomic mass is 79.9. The highest BCUT2D eigenvalue weighted by Gasteiger charge is 2.36. The number of para-hydroxylation sites is 1. The van der Waals surface area contributed by atoms with Crippen molar-refractivity contribution in [2.75, 3.05) is 11.4 Å². The van der Waals surface area contributed by atoms with Gasteiger partial charge >= 0.3 is 0 Å². The number of nitrogens with zero attached hydrogens (tertiary/aromatic N) is 1. The summed E-state index contributed by atoms with van der Waals surface area (Å²) in [5, 5.41) is 0. The normalized spacial score (nSPS) is 15.0. The molecule has 0 aromatic heterocycles. The number of ketones is 1. The third kappa shape index (κ3) is 1.59. The van der Waals surface area contributed by atoms with Crippen molar-refractivity contribution in [1.29, 1.82) is 0 Å². The molecule has 16 heavy (non-hydrogen) atoms. The van der Waals surface area contributed by atoms with Gasteiger partial charge in [0.2, 0.25) is 0 Å². The van der Waals surface area contributed by atoms with E-state index in [9.17, 15) is 9.59 Å². The Morgan fingerprint density at radius 2 is 2.12 bits per heavy atom. The quantitative estimate of drug-likeness (QED) is 0.616. The highest BCUT2D eigenvalue weighted by Crippen LogP contribution is 2.35. The second kappa shape index (κ2) is 4.22. The van der Waals surface area contributed by atoms with Crippen LogP contribution in [-0.2, 0) is 4.79 Å². The zero-order chi connectivity index (χ0) is 11.7. The zero-order valence-electron chi connectivity index (χ0n) is 8.74. The fourth-order valence-corrected chi connectivity index (χ4v) is 2.28. The van der Waals surface area contributed by atoms with Crippen LogP contribution in [0, 0.1) is 0 Å². The lowest BCUT2D eigenvalue weighted by atomic mass is 10.1. The van der Waals surface area contributed by atoms with Crippen molar-refractivity contribution >= 4 is 33.3 Å². The van der Waals surface area contributed by atoms with E-state index in [1.165, 1.54) is 4.90 Å². The van der Waals surface area contributed by atoms with Gasteiger partial charge in [0.1, 0.15) is 0 Å². The first kappa shape index (κ1) is 11.1. The standard InChI is InChI=1S/C12H10BrNO2/c1-2-3-7-14-10-8(11(15)12(14)16)5-4-6-9(10)13/h2-6H,7H2,1H3/b3-2+. The lowest BCUT2D eigenvalue weighted by Crippen LogP contribution is -2.29. The summed E-state index contributed by atoms with van der Waals surface area (Å²) in [7, 11) is 0. The van der Waals surface area contributed by atoms with Crippen molar-refractivity contribution < 1.29 is 9.59 Å². The average molecular weight is 280 g/mol. The minimum atomic E-state index is -0.458. The Bertz CT molecular complexity index is 494. The number of rotatable bonds is 2. The van der Waals surface area contributed by atoms with Gasteiger partial charge in [-0.05, 0) is 35.0 Å². The molecular formula is C12H10BrNO2. The summed E-state index contributed by atoms with van der Waals surface area (Å²) < 4.78 is 0.772. The van der Waals surface area contributed by atoms with E-state index in [0.29, 0.717) is 17.8 Å². The first-order chi connectivity index (χ1) is 7.66. The van der Waals surface area contributed by atoms with Crippen molar-refractivity contribution in [2.24, 2.45) is 0 Å². The topological polar surface area (TPSA) is 37.4 Å². The minimum Gasteiger partial charge on any atom is -0.300 e. The van der Waals surface area contributed by atoms with E-state index in [1.807, 2.05) is 25.1 Å². The maximum absolute atomic E-state index is 11.7. The van der Waals surface area contributed by atoms with Crippen LogP contribution in [0.1, 0.15) is 17.3 Å². The van der Waals surface area contributed by atoms with Gasteiger partial charge in [-0.25, -0.2) is 0 Å². The summed E-state index contributed by atoms with van der Waals surface area (Å²) in [6, 6.07) is 5.26. The zero-order valence-corrected chi connectivity index (χ0v) is 10.3. The van der Waals surface area contributed by atoms with Crippen LogP contribution in [0.25, 0.3) is 0 Å². The number of Topliss-reactive ketones (excluding diaryl/α,β-unsaturated/α-hetero) is 1. The molecule has 4 heteroatoms. The van der Waals surface area contributed by atoms with Gasteiger partial charge in [-0.15, -0.1) is 0 Å². The van der Waals surface area contributed by atoms with Gasteiger partial charge in [-0.1, -0.05) is 18.2 Å². The number of carbonyl (C=O) groups excluding carboxylic acids is 2. The molecule has 1 aromatic rings. The van der Waals surface area contributed by atoms with Gasteiger partial charge in [-0.3, -0.25) is 14.5 Å². The van der Waals surface area contributed by atoms with Gasteiger partial charge in [-0.2, -0.15) is 0 Å². The van der Waals surface area contributed by atoms with Crippen molar-refractivity contribution in [3.05, 3.63) is 40.4 Å². The van der Waals surface area contributed by atoms with E-state index in [1.54, 1.807) is 12.1 Å². The smallest absolute Gasteiger partial charge is 0.299 e. The van der Waals surface area contributed by atoms with Crippen LogP contribution in [0.2, 0.25) is 0 Å². The Balaban J connectivity index is 2.51. The molecule has 0 saturated carbocycles. The summed E-state index contributed by atoms with van der Waals surface area (Å²) in [6.45, 7) is 2.31. The van der Waals surface area contributed by atoms with Gasteiger partial charge in [0, 0.05) is 11.0 Å². The van der Waals surface area contributed by atoms with Crippen LogP contribution in [0.4, 0.5) is 5.69 Å². The van der Waals surface area contributed by atoms with Crippen LogP contribution in [-0.4, -0.2) is 18.2 Å². The van der Waals surface area contributed by atoms with Crippen molar-refractivity contribution in [2.45, 2.75) is 6.92 Å². The molecule has 1 heterocycles. The number of benzene rings is 1. The predicted molar refractivity (Wildman–Crippen MR) is 65.6 cm³/mol. The summed E-state index contributed by atoms with van der Waals surface area (Å²) in [5.74, 6) is -0.888. The molecule has 1 amide bonds. The molecule has 0 atom stereocenters. The molecule has 0 spiro atoms. The number of amides is 1. The third-order valence-electron chi connectivity index (χ3n) is 2.46. The van der Waals surface area contributed by atoms with E-state index < -0.39 is 11.7 Å². The number of anilines is 1. The summed E-state index contributed by atoms with van der Waals surface area (Å²) >= 11 is 3.36. The van der Waals surface area contributed by atoms with E-state index >= 15 is 0 Å². The molecule has 1 aromatic carbocycles. The Kier molecular flexibility index (Phi) is 2.92. The maximum Gasteiger partial charge on any atom is 0.299 e. The van der Waals surface area contributed by atoms with E-state index in [0.717, 1.165) is 4.47 Å². The van der Waals surface area contributed by atoms with Crippen LogP contribution in [0.5, 0.6) is 0 Å². The summed E-state index contributed by atoms with van der Waals surface area (Å²) in [5.41, 5.74) is 1.15. The van der Waals surface area contributed by atoms with Crippen LogP contribution < -0.4 is 4.90 Å². The van der Waals surface area contributed by atoms with Crippen molar-refractivity contribution in [3.63, 3.8) is 0 Å². The molecule has 0 radical (unpaired) electrons. The predicted octanol–water partition coefficient (Wildman–Crippen LogP) is 2.55. The van der Waals surface area contributed by atoms with Crippen LogP contribution in [0.3, 0.4) is 0 Å². The average Bonchev–Trinajstić information content (AvgIpc) is 2.52.